The summed E-state index contributed by atoms with van der Waals surface area (Å²) in [5, 5.41) is 0. The Labute approximate surface area is 348 Å². The third-order valence-corrected chi connectivity index (χ3v) is 11.1. The van der Waals surface area contributed by atoms with Crippen molar-refractivity contribution in [1.29, 1.82) is 0 Å². The predicted molar refractivity (Wildman–Crippen MR) is 238 cm³/mol. The summed E-state index contributed by atoms with van der Waals surface area (Å²) in [5.74, 6) is 1.54. The Hall–Kier alpha value is -1.59. The van der Waals surface area contributed by atoms with Crippen LogP contribution < -0.4 is 0 Å². The Balaban J connectivity index is 4.23. The van der Waals surface area contributed by atoms with E-state index < -0.39 is 6.10 Å². The summed E-state index contributed by atoms with van der Waals surface area (Å²) < 4.78 is 16.7. The fourth-order valence-electron chi connectivity index (χ4n) is 7.41. The highest BCUT2D eigenvalue weighted by molar-refractivity contribution is 5.71. The highest BCUT2D eigenvalue weighted by atomic mass is 16.6. The van der Waals surface area contributed by atoms with E-state index in [2.05, 4.69) is 41.5 Å². The van der Waals surface area contributed by atoms with Crippen molar-refractivity contribution in [2.45, 2.75) is 272 Å². The minimum absolute atomic E-state index is 0.0663. The molecule has 6 nitrogen and oxygen atoms in total. The molecule has 0 heterocycles. The number of hydrogen-bond donors (Lipinski definition) is 0. The Morgan fingerprint density at radius 2 is 0.518 bits per heavy atom. The van der Waals surface area contributed by atoms with Crippen LogP contribution >= 0.6 is 0 Å². The van der Waals surface area contributed by atoms with Crippen LogP contribution in [0.5, 0.6) is 0 Å². The molecule has 0 aliphatic carbocycles. The minimum atomic E-state index is -0.762. The maximum Gasteiger partial charge on any atom is 0.306 e. The van der Waals surface area contributed by atoms with Gasteiger partial charge in [-0.05, 0) is 37.0 Å². The summed E-state index contributed by atoms with van der Waals surface area (Å²) >= 11 is 0. The maximum absolute atomic E-state index is 12.7. The molecule has 0 aliphatic heterocycles. The lowest BCUT2D eigenvalue weighted by Gasteiger charge is -2.18. The van der Waals surface area contributed by atoms with Crippen molar-refractivity contribution in [3.8, 4) is 0 Å². The molecule has 0 aromatic heterocycles. The average Bonchev–Trinajstić information content (AvgIpc) is 3.15. The van der Waals surface area contributed by atoms with E-state index in [0.29, 0.717) is 19.3 Å². The summed E-state index contributed by atoms with van der Waals surface area (Å²) in [6, 6.07) is 0. The quantitative estimate of drug-likeness (QED) is 0.0348. The smallest absolute Gasteiger partial charge is 0.306 e. The number of carbonyl (C=O) groups is 3. The number of carbonyl (C=O) groups excluding carboxylic acids is 3. The molecule has 0 amide bonds. The molecule has 0 aromatic carbocycles. The topological polar surface area (TPSA) is 78.9 Å². The van der Waals surface area contributed by atoms with Gasteiger partial charge in [0.05, 0.1) is 0 Å². The van der Waals surface area contributed by atoms with Crippen LogP contribution in [0.3, 0.4) is 0 Å². The largest absolute Gasteiger partial charge is 0.462 e. The average molecular weight is 793 g/mol. The third kappa shape index (κ3) is 43.5. The molecule has 0 saturated carbocycles. The van der Waals surface area contributed by atoms with Crippen molar-refractivity contribution in [2.24, 2.45) is 17.8 Å². The molecule has 0 rings (SSSR count). The molecule has 0 fully saturated rings. The highest BCUT2D eigenvalue weighted by Crippen LogP contribution is 2.17. The first-order valence-corrected chi connectivity index (χ1v) is 24.6. The van der Waals surface area contributed by atoms with Gasteiger partial charge in [0, 0.05) is 19.3 Å². The molecule has 0 aromatic rings. The fourth-order valence-corrected chi connectivity index (χ4v) is 7.41. The summed E-state index contributed by atoms with van der Waals surface area (Å²) in [5.41, 5.74) is 0. The van der Waals surface area contributed by atoms with Gasteiger partial charge in [0.1, 0.15) is 13.2 Å². The first-order valence-electron chi connectivity index (χ1n) is 24.6. The van der Waals surface area contributed by atoms with Crippen molar-refractivity contribution in [2.75, 3.05) is 13.2 Å². The highest BCUT2D eigenvalue weighted by Gasteiger charge is 2.19. The summed E-state index contributed by atoms with van der Waals surface area (Å²) in [6.45, 7) is 13.6. The molecule has 0 saturated heterocycles. The van der Waals surface area contributed by atoms with Crippen molar-refractivity contribution in [3.05, 3.63) is 0 Å². The van der Waals surface area contributed by atoms with Gasteiger partial charge in [-0.1, -0.05) is 228 Å². The summed E-state index contributed by atoms with van der Waals surface area (Å²) in [4.78, 5) is 37.8. The van der Waals surface area contributed by atoms with Crippen molar-refractivity contribution in [3.63, 3.8) is 0 Å². The number of esters is 3. The zero-order chi connectivity index (χ0) is 41.3. The summed E-state index contributed by atoms with van der Waals surface area (Å²) in [6.07, 6.45) is 39.7. The van der Waals surface area contributed by atoms with Crippen LogP contribution in [0, 0.1) is 17.8 Å². The Morgan fingerprint density at radius 1 is 0.304 bits per heavy atom. The van der Waals surface area contributed by atoms with Gasteiger partial charge in [-0.2, -0.15) is 0 Å². The first kappa shape index (κ1) is 54.4. The molecule has 0 N–H and O–H groups in total. The predicted octanol–water partition coefficient (Wildman–Crippen LogP) is 15.6. The lowest BCUT2D eigenvalue weighted by molar-refractivity contribution is -0.167. The standard InChI is InChI=1S/C50H96O6/c1-44(2)36-30-24-18-14-12-10-8-7-9-11-13-15-20-27-33-39-48(51)54-42-47(56-50(53)41-35-29-23-22-26-32-38-46(5)6)43-55-49(52)40-34-28-21-17-16-19-25-31-37-45(3)4/h44-47H,7-43H2,1-6H3/t47-/m1/s1. The molecular weight excluding hydrogens is 697 g/mol. The number of unbranched alkanes of at least 4 members (excludes halogenated alkanes) is 26. The van der Waals surface area contributed by atoms with E-state index in [9.17, 15) is 14.4 Å². The van der Waals surface area contributed by atoms with E-state index >= 15 is 0 Å². The second-order valence-corrected chi connectivity index (χ2v) is 18.5. The van der Waals surface area contributed by atoms with E-state index in [1.165, 1.54) is 148 Å². The third-order valence-electron chi connectivity index (χ3n) is 11.1. The van der Waals surface area contributed by atoms with Crippen LogP contribution in [0.4, 0.5) is 0 Å². The van der Waals surface area contributed by atoms with Crippen molar-refractivity contribution < 1.29 is 28.6 Å². The van der Waals surface area contributed by atoms with E-state index in [1.807, 2.05) is 0 Å². The fraction of sp³-hybridized carbons (Fsp3) is 0.940. The number of ether oxygens (including phenoxy) is 3. The van der Waals surface area contributed by atoms with Crippen LogP contribution in [-0.4, -0.2) is 37.2 Å². The molecule has 0 aliphatic rings. The normalized spacial score (nSPS) is 12.2. The van der Waals surface area contributed by atoms with Gasteiger partial charge in [0.15, 0.2) is 6.10 Å². The van der Waals surface area contributed by atoms with Gasteiger partial charge in [-0.3, -0.25) is 14.4 Å². The van der Waals surface area contributed by atoms with E-state index in [1.54, 1.807) is 0 Å². The molecule has 332 valence electrons. The zero-order valence-electron chi connectivity index (χ0n) is 38.4. The van der Waals surface area contributed by atoms with E-state index in [4.69, 9.17) is 14.2 Å². The number of hydrogen-bond acceptors (Lipinski definition) is 6. The van der Waals surface area contributed by atoms with Gasteiger partial charge in [0.2, 0.25) is 0 Å². The van der Waals surface area contributed by atoms with E-state index in [0.717, 1.165) is 75.5 Å². The second kappa shape index (κ2) is 41.6. The molecule has 0 spiro atoms. The van der Waals surface area contributed by atoms with Gasteiger partial charge in [-0.15, -0.1) is 0 Å². The molecule has 0 radical (unpaired) electrons. The first-order chi connectivity index (χ1) is 27.1. The Kier molecular flexibility index (Phi) is 40.4. The molecular formula is C50H96O6. The van der Waals surface area contributed by atoms with Crippen LogP contribution in [0.2, 0.25) is 0 Å². The maximum atomic E-state index is 12.7. The van der Waals surface area contributed by atoms with Crippen molar-refractivity contribution >= 4 is 17.9 Å². The molecule has 6 heteroatoms. The monoisotopic (exact) mass is 793 g/mol. The zero-order valence-corrected chi connectivity index (χ0v) is 38.4. The van der Waals surface area contributed by atoms with Crippen LogP contribution in [0.1, 0.15) is 266 Å². The Morgan fingerprint density at radius 3 is 0.768 bits per heavy atom. The van der Waals surface area contributed by atoms with Crippen LogP contribution in [0.15, 0.2) is 0 Å². The van der Waals surface area contributed by atoms with Gasteiger partial charge < -0.3 is 14.2 Å². The number of rotatable bonds is 43. The second-order valence-electron chi connectivity index (χ2n) is 18.5. The molecule has 1 atom stereocenters. The van der Waals surface area contributed by atoms with Gasteiger partial charge in [0.25, 0.3) is 0 Å². The van der Waals surface area contributed by atoms with E-state index in [-0.39, 0.29) is 31.1 Å². The molecule has 0 bridgehead atoms. The Bertz CT molecular complexity index is 868. The minimum Gasteiger partial charge on any atom is -0.462 e. The lowest BCUT2D eigenvalue weighted by atomic mass is 10.0. The van der Waals surface area contributed by atoms with Crippen LogP contribution in [-0.2, 0) is 28.6 Å². The summed E-state index contributed by atoms with van der Waals surface area (Å²) in [7, 11) is 0. The molecule has 0 unspecified atom stereocenters. The van der Waals surface area contributed by atoms with Gasteiger partial charge in [-0.25, -0.2) is 0 Å². The van der Waals surface area contributed by atoms with Gasteiger partial charge >= 0.3 is 17.9 Å². The lowest BCUT2D eigenvalue weighted by Crippen LogP contribution is -2.30. The van der Waals surface area contributed by atoms with Crippen molar-refractivity contribution in [1.82, 2.24) is 0 Å². The van der Waals surface area contributed by atoms with Crippen LogP contribution in [0.25, 0.3) is 0 Å². The SMILES string of the molecule is CC(C)CCCCCCCCCCCCCCCCCC(=O)OC[C@H](COC(=O)CCCCCCCCCCC(C)C)OC(=O)CCCCCCCCC(C)C. The molecule has 56 heavy (non-hydrogen) atoms.